The first-order valence-electron chi connectivity index (χ1n) is 7.48. The maximum Gasteiger partial charge on any atom is 0.274 e. The van der Waals surface area contributed by atoms with Gasteiger partial charge >= 0.3 is 0 Å². The summed E-state index contributed by atoms with van der Waals surface area (Å²) >= 11 is 0. The molecular formula is C16H19N5O2. The number of amides is 1. The van der Waals surface area contributed by atoms with Crippen LogP contribution in [0.5, 0.6) is 5.75 Å². The van der Waals surface area contributed by atoms with E-state index in [1.807, 2.05) is 0 Å². The number of aromatic hydroxyl groups is 1. The Kier molecular flexibility index (Phi) is 3.85. The summed E-state index contributed by atoms with van der Waals surface area (Å²) < 4.78 is 0. The summed E-state index contributed by atoms with van der Waals surface area (Å²) in [6, 6.07) is 3.14. The second kappa shape index (κ2) is 5.83. The molecule has 0 spiro atoms. The van der Waals surface area contributed by atoms with Crippen molar-refractivity contribution in [2.75, 3.05) is 5.32 Å². The van der Waals surface area contributed by atoms with Crippen LogP contribution in [-0.4, -0.2) is 32.0 Å². The summed E-state index contributed by atoms with van der Waals surface area (Å²) in [5, 5.41) is 15.9. The van der Waals surface area contributed by atoms with Gasteiger partial charge in [0, 0.05) is 6.04 Å². The summed E-state index contributed by atoms with van der Waals surface area (Å²) in [5.41, 5.74) is 0.745. The van der Waals surface area contributed by atoms with E-state index in [1.165, 1.54) is 12.4 Å². The molecule has 1 saturated carbocycles. The molecule has 3 N–H and O–H groups in total. The van der Waals surface area contributed by atoms with E-state index in [9.17, 15) is 9.90 Å². The molecule has 3 rings (SSSR count). The van der Waals surface area contributed by atoms with Crippen LogP contribution in [0, 0.1) is 5.41 Å². The van der Waals surface area contributed by atoms with Gasteiger partial charge < -0.3 is 15.7 Å². The van der Waals surface area contributed by atoms with Crippen molar-refractivity contribution < 1.29 is 9.90 Å². The number of carbonyl (C=O) groups excluding carboxylic acids is 1. The molecule has 1 fully saturated rings. The fraction of sp³-hybridized carbons (Fsp3) is 0.375. The van der Waals surface area contributed by atoms with E-state index in [4.69, 9.17) is 0 Å². The van der Waals surface area contributed by atoms with Crippen LogP contribution in [0.3, 0.4) is 0 Å². The van der Waals surface area contributed by atoms with Crippen molar-refractivity contribution in [2.24, 2.45) is 5.41 Å². The van der Waals surface area contributed by atoms with Crippen LogP contribution < -0.4 is 10.6 Å². The minimum Gasteiger partial charge on any atom is -0.505 e. The van der Waals surface area contributed by atoms with Crippen LogP contribution >= 0.6 is 0 Å². The number of nitrogens with one attached hydrogen (secondary N) is 2. The molecule has 0 bridgehead atoms. The van der Waals surface area contributed by atoms with E-state index >= 15 is 0 Å². The van der Waals surface area contributed by atoms with Crippen molar-refractivity contribution in [1.29, 1.82) is 0 Å². The van der Waals surface area contributed by atoms with Gasteiger partial charge in [-0.05, 0) is 30.4 Å². The Morgan fingerprint density at radius 2 is 2.04 bits per heavy atom. The van der Waals surface area contributed by atoms with E-state index in [-0.39, 0.29) is 28.8 Å². The molecule has 0 radical (unpaired) electrons. The van der Waals surface area contributed by atoms with Gasteiger partial charge in [0.2, 0.25) is 0 Å². The van der Waals surface area contributed by atoms with Gasteiger partial charge in [-0.2, -0.15) is 0 Å². The van der Waals surface area contributed by atoms with E-state index < -0.39 is 0 Å². The van der Waals surface area contributed by atoms with Crippen LogP contribution in [0.15, 0.2) is 30.9 Å². The van der Waals surface area contributed by atoms with Gasteiger partial charge in [-0.25, -0.2) is 15.0 Å². The van der Waals surface area contributed by atoms with Gasteiger partial charge in [0.1, 0.15) is 17.9 Å². The number of anilines is 2. The molecule has 1 aliphatic rings. The minimum absolute atomic E-state index is 0.00884. The van der Waals surface area contributed by atoms with Crippen molar-refractivity contribution in [3.63, 3.8) is 0 Å². The minimum atomic E-state index is -0.367. The fourth-order valence-corrected chi connectivity index (χ4v) is 2.56. The Morgan fingerprint density at radius 3 is 2.65 bits per heavy atom. The summed E-state index contributed by atoms with van der Waals surface area (Å²) in [6.07, 6.45) is 6.64. The monoisotopic (exact) mass is 313 g/mol. The average molecular weight is 313 g/mol. The van der Waals surface area contributed by atoms with Crippen molar-refractivity contribution in [1.82, 2.24) is 20.3 Å². The lowest BCUT2D eigenvalue weighted by molar-refractivity contribution is 0.0725. The first kappa shape index (κ1) is 15.2. The van der Waals surface area contributed by atoms with E-state index in [2.05, 4.69) is 39.4 Å². The van der Waals surface area contributed by atoms with Crippen LogP contribution in [0.25, 0.3) is 0 Å². The molecule has 0 saturated heterocycles. The number of aromatic nitrogens is 3. The van der Waals surface area contributed by atoms with E-state index in [0.29, 0.717) is 11.5 Å². The van der Waals surface area contributed by atoms with E-state index in [1.54, 1.807) is 18.5 Å². The molecule has 1 amide bonds. The first-order valence-corrected chi connectivity index (χ1v) is 7.48. The smallest absolute Gasteiger partial charge is 0.274 e. The van der Waals surface area contributed by atoms with Gasteiger partial charge in [-0.15, -0.1) is 0 Å². The Balaban J connectivity index is 1.76. The lowest BCUT2D eigenvalue weighted by Gasteiger charge is -2.44. The lowest BCUT2D eigenvalue weighted by atomic mass is 9.67. The zero-order valence-electron chi connectivity index (χ0n) is 13.1. The molecule has 0 aliphatic heterocycles. The van der Waals surface area contributed by atoms with Gasteiger partial charge in [-0.1, -0.05) is 13.8 Å². The Bertz CT molecular complexity index is 718. The van der Waals surface area contributed by atoms with Crippen molar-refractivity contribution >= 4 is 17.4 Å². The number of hydrogen-bond acceptors (Lipinski definition) is 6. The molecule has 2 aromatic rings. The topological polar surface area (TPSA) is 100 Å². The highest BCUT2D eigenvalue weighted by Crippen LogP contribution is 2.40. The Hall–Kier alpha value is -2.70. The highest BCUT2D eigenvalue weighted by Gasteiger charge is 2.39. The molecule has 120 valence electrons. The van der Waals surface area contributed by atoms with Gasteiger partial charge in [0.25, 0.3) is 5.91 Å². The van der Waals surface area contributed by atoms with Crippen LogP contribution in [0.4, 0.5) is 11.5 Å². The molecule has 7 nitrogen and oxygen atoms in total. The summed E-state index contributed by atoms with van der Waals surface area (Å²) in [5.74, 6) is -0.0710. The molecule has 1 aliphatic carbocycles. The highest BCUT2D eigenvalue weighted by atomic mass is 16.3. The van der Waals surface area contributed by atoms with Crippen LogP contribution in [0.1, 0.15) is 37.2 Å². The largest absolute Gasteiger partial charge is 0.505 e. The van der Waals surface area contributed by atoms with E-state index in [0.717, 1.165) is 12.8 Å². The fourth-order valence-electron chi connectivity index (χ4n) is 2.56. The SMILES string of the molecule is CC1(C)CCC1NC(=O)c1nc(Nc2cncnc2)ccc1O. The molecule has 1 unspecified atom stereocenters. The van der Waals surface area contributed by atoms with Crippen molar-refractivity contribution in [2.45, 2.75) is 32.7 Å². The number of carbonyl (C=O) groups is 1. The first-order chi connectivity index (χ1) is 11.0. The highest BCUT2D eigenvalue weighted by molar-refractivity contribution is 5.95. The molecule has 7 heteroatoms. The van der Waals surface area contributed by atoms with Crippen molar-refractivity contribution in [3.8, 4) is 5.75 Å². The van der Waals surface area contributed by atoms with Gasteiger partial charge in [-0.3, -0.25) is 4.79 Å². The number of nitrogens with zero attached hydrogens (tertiary/aromatic N) is 3. The molecule has 2 heterocycles. The summed E-state index contributed by atoms with van der Waals surface area (Å²) in [7, 11) is 0. The molecular weight excluding hydrogens is 294 g/mol. The zero-order chi connectivity index (χ0) is 16.4. The molecule has 0 aromatic carbocycles. The Morgan fingerprint density at radius 1 is 1.30 bits per heavy atom. The summed E-state index contributed by atoms with van der Waals surface area (Å²) in [6.45, 7) is 4.23. The average Bonchev–Trinajstić information content (AvgIpc) is 2.54. The lowest BCUT2D eigenvalue weighted by Crippen LogP contribution is -2.52. The number of pyridine rings is 1. The maximum atomic E-state index is 12.4. The predicted octanol–water partition coefficient (Wildman–Crippen LogP) is 2.24. The molecule has 2 aromatic heterocycles. The van der Waals surface area contributed by atoms with Gasteiger partial charge in [0.05, 0.1) is 18.1 Å². The van der Waals surface area contributed by atoms with Gasteiger partial charge in [0.15, 0.2) is 5.69 Å². The van der Waals surface area contributed by atoms with Crippen molar-refractivity contribution in [3.05, 3.63) is 36.5 Å². The third kappa shape index (κ3) is 3.23. The predicted molar refractivity (Wildman–Crippen MR) is 85.5 cm³/mol. The third-order valence-electron chi connectivity index (χ3n) is 4.25. The zero-order valence-corrected chi connectivity index (χ0v) is 13.1. The van der Waals surface area contributed by atoms with Crippen LogP contribution in [0.2, 0.25) is 0 Å². The number of rotatable bonds is 4. The quantitative estimate of drug-likeness (QED) is 0.800. The maximum absolute atomic E-state index is 12.4. The number of hydrogen-bond donors (Lipinski definition) is 3. The molecule has 23 heavy (non-hydrogen) atoms. The third-order valence-corrected chi connectivity index (χ3v) is 4.25. The normalized spacial score (nSPS) is 18.8. The second-order valence-corrected chi connectivity index (χ2v) is 6.37. The summed E-state index contributed by atoms with van der Waals surface area (Å²) in [4.78, 5) is 24.4. The molecule has 1 atom stereocenters. The Labute approximate surface area is 134 Å². The standard InChI is InChI=1S/C16H19N5O2/c1-16(2)6-5-12(16)20-15(23)14-11(22)3-4-13(21-14)19-10-7-17-9-18-8-10/h3-4,7-9,12,22H,5-6H2,1-2H3,(H,19,21)(H,20,23). The second-order valence-electron chi connectivity index (χ2n) is 6.37. The van der Waals surface area contributed by atoms with Crippen LogP contribution in [-0.2, 0) is 0 Å².